The van der Waals surface area contributed by atoms with Crippen molar-refractivity contribution in [3.8, 4) is 0 Å². The van der Waals surface area contributed by atoms with Crippen molar-refractivity contribution < 1.29 is 9.90 Å². The number of carboxylic acids is 1. The molecule has 0 radical (unpaired) electrons. The van der Waals surface area contributed by atoms with Crippen molar-refractivity contribution in [3.05, 3.63) is 45.4 Å². The van der Waals surface area contributed by atoms with Gasteiger partial charge in [-0.05, 0) is 41.9 Å². The van der Waals surface area contributed by atoms with Gasteiger partial charge >= 0.3 is 5.97 Å². The van der Waals surface area contributed by atoms with E-state index in [0.717, 1.165) is 10.2 Å². The second-order valence-electron chi connectivity index (χ2n) is 3.98. The molecule has 1 N–H and O–H groups in total. The Balaban J connectivity index is 2.33. The van der Waals surface area contributed by atoms with Crippen LogP contribution in [0.4, 0.5) is 0 Å². The summed E-state index contributed by atoms with van der Waals surface area (Å²) in [4.78, 5) is 15.3. The number of rotatable bonds is 3. The number of aryl methyl sites for hydroxylation is 1. The maximum atomic E-state index is 11.1. The van der Waals surface area contributed by atoms with Crippen molar-refractivity contribution in [3.63, 3.8) is 0 Å². The summed E-state index contributed by atoms with van der Waals surface area (Å²) in [7, 11) is 0. The smallest absolute Gasteiger partial charge is 0.339 e. The Morgan fingerprint density at radius 1 is 1.44 bits per heavy atom. The number of carboxylic acid groups (broad SMARTS) is 1. The molecule has 0 aliphatic carbocycles. The molecule has 0 amide bonds. The number of hydrogen-bond acceptors (Lipinski definition) is 3. The number of nitrogens with zero attached hydrogens (tertiary/aromatic N) is 3. The number of hydrogen-bond donors (Lipinski definition) is 1. The van der Waals surface area contributed by atoms with Crippen LogP contribution in [0.2, 0.25) is 0 Å². The number of aromatic nitrogens is 3. The van der Waals surface area contributed by atoms with Crippen LogP contribution in [0.5, 0.6) is 0 Å². The molecular weight excluding hydrogens is 298 g/mol. The maximum absolute atomic E-state index is 11.1. The lowest BCUT2D eigenvalue weighted by Crippen LogP contribution is -2.07. The average molecular weight is 310 g/mol. The van der Waals surface area contributed by atoms with Crippen molar-refractivity contribution in [2.45, 2.75) is 20.4 Å². The summed E-state index contributed by atoms with van der Waals surface area (Å²) in [6.45, 7) is 3.91. The summed E-state index contributed by atoms with van der Waals surface area (Å²) in [5, 5.41) is 13.3. The van der Waals surface area contributed by atoms with E-state index in [9.17, 15) is 4.79 Å². The fourth-order valence-corrected chi connectivity index (χ4v) is 2.05. The predicted molar refractivity (Wildman–Crippen MR) is 69.7 cm³/mol. The van der Waals surface area contributed by atoms with Gasteiger partial charge in [0.1, 0.15) is 5.56 Å². The van der Waals surface area contributed by atoms with Gasteiger partial charge in [0, 0.05) is 10.7 Å². The molecule has 94 valence electrons. The van der Waals surface area contributed by atoms with Crippen molar-refractivity contribution >= 4 is 21.9 Å². The fraction of sp³-hybridized carbons (Fsp3) is 0.250. The van der Waals surface area contributed by atoms with E-state index in [4.69, 9.17) is 5.11 Å². The lowest BCUT2D eigenvalue weighted by Gasteiger charge is -2.04. The van der Waals surface area contributed by atoms with Crippen LogP contribution in [-0.4, -0.2) is 25.8 Å². The third-order valence-electron chi connectivity index (χ3n) is 2.70. The summed E-state index contributed by atoms with van der Waals surface area (Å²) in [6.07, 6.45) is 1.71. The summed E-state index contributed by atoms with van der Waals surface area (Å²) in [5.74, 6) is -0.944. The predicted octanol–water partition coefficient (Wildman–Crippen LogP) is 2.40. The Morgan fingerprint density at radius 3 is 2.67 bits per heavy atom. The van der Waals surface area contributed by atoms with Crippen molar-refractivity contribution in [2.24, 2.45) is 0 Å². The van der Waals surface area contributed by atoms with Crippen molar-refractivity contribution in [1.29, 1.82) is 0 Å². The second-order valence-corrected chi connectivity index (χ2v) is 4.89. The minimum Gasteiger partial charge on any atom is -0.478 e. The summed E-state index contributed by atoms with van der Waals surface area (Å²) in [5.41, 5.74) is 2.27. The first-order valence-electron chi connectivity index (χ1n) is 5.36. The number of halogens is 1. The molecule has 2 aromatic heterocycles. The summed E-state index contributed by atoms with van der Waals surface area (Å²) in [6, 6.07) is 3.77. The molecule has 5 nitrogen and oxygen atoms in total. The first kappa shape index (κ1) is 12.8. The minimum absolute atomic E-state index is 0.270. The van der Waals surface area contributed by atoms with Gasteiger partial charge in [0.05, 0.1) is 23.6 Å². The molecule has 6 heteroatoms. The van der Waals surface area contributed by atoms with Gasteiger partial charge in [-0.15, -0.1) is 0 Å². The normalized spacial score (nSPS) is 10.6. The highest BCUT2D eigenvalue weighted by Gasteiger charge is 2.17. The van der Waals surface area contributed by atoms with E-state index < -0.39 is 5.97 Å². The third kappa shape index (κ3) is 2.43. The van der Waals surface area contributed by atoms with Crippen LogP contribution >= 0.6 is 15.9 Å². The first-order chi connectivity index (χ1) is 8.49. The van der Waals surface area contributed by atoms with Gasteiger partial charge in [0.15, 0.2) is 0 Å². The van der Waals surface area contributed by atoms with Gasteiger partial charge in [0.25, 0.3) is 0 Å². The lowest BCUT2D eigenvalue weighted by atomic mass is 10.2. The topological polar surface area (TPSA) is 68.0 Å². The van der Waals surface area contributed by atoms with Gasteiger partial charge in [-0.2, -0.15) is 5.10 Å². The largest absolute Gasteiger partial charge is 0.478 e. The monoisotopic (exact) mass is 309 g/mol. The molecular formula is C12H12BrN3O2. The molecule has 0 saturated heterocycles. The molecule has 0 saturated carbocycles. The highest BCUT2D eigenvalue weighted by molar-refractivity contribution is 9.10. The first-order valence-corrected chi connectivity index (χ1v) is 6.16. The van der Waals surface area contributed by atoms with E-state index in [-0.39, 0.29) is 5.56 Å². The van der Waals surface area contributed by atoms with Crippen molar-refractivity contribution in [1.82, 2.24) is 14.8 Å². The Hall–Kier alpha value is -1.69. The van der Waals surface area contributed by atoms with Crippen LogP contribution in [0, 0.1) is 13.8 Å². The van der Waals surface area contributed by atoms with Crippen LogP contribution in [-0.2, 0) is 6.54 Å². The zero-order chi connectivity index (χ0) is 13.3. The fourth-order valence-electron chi connectivity index (χ4n) is 1.81. The number of carbonyl (C=O) groups is 1. The SMILES string of the molecule is Cc1nn(Cc2ccc(Br)cn2)c(C)c1C(=O)O. The lowest BCUT2D eigenvalue weighted by molar-refractivity contribution is 0.0695. The molecule has 2 rings (SSSR count). The van der Waals surface area contributed by atoms with Crippen LogP contribution in [0.1, 0.15) is 27.4 Å². The van der Waals surface area contributed by atoms with Crippen LogP contribution in [0.3, 0.4) is 0 Å². The van der Waals surface area contributed by atoms with Crippen LogP contribution < -0.4 is 0 Å². The maximum Gasteiger partial charge on any atom is 0.339 e. The van der Waals surface area contributed by atoms with E-state index in [1.165, 1.54) is 0 Å². The van der Waals surface area contributed by atoms with E-state index in [0.29, 0.717) is 17.9 Å². The molecule has 0 aliphatic rings. The molecule has 2 aromatic rings. The molecule has 0 fully saturated rings. The number of pyridine rings is 1. The highest BCUT2D eigenvalue weighted by atomic mass is 79.9. The zero-order valence-corrected chi connectivity index (χ0v) is 11.6. The van der Waals surface area contributed by atoms with E-state index in [1.807, 2.05) is 12.1 Å². The van der Waals surface area contributed by atoms with Gasteiger partial charge in [-0.25, -0.2) is 4.79 Å². The Morgan fingerprint density at radius 2 is 2.17 bits per heavy atom. The Labute approximate surface area is 113 Å². The zero-order valence-electron chi connectivity index (χ0n) is 10.0. The van der Waals surface area contributed by atoms with E-state index in [1.54, 1.807) is 24.7 Å². The quantitative estimate of drug-likeness (QED) is 0.945. The standard InChI is InChI=1S/C12H12BrN3O2/c1-7-11(12(17)18)8(2)16(15-7)6-10-4-3-9(13)5-14-10/h3-5H,6H2,1-2H3,(H,17,18). The molecule has 0 atom stereocenters. The molecule has 0 bridgehead atoms. The molecule has 0 aromatic carbocycles. The molecule has 0 unspecified atom stereocenters. The van der Waals surface area contributed by atoms with E-state index >= 15 is 0 Å². The molecule has 0 aliphatic heterocycles. The van der Waals surface area contributed by atoms with Gasteiger partial charge in [-0.1, -0.05) is 0 Å². The van der Waals surface area contributed by atoms with Gasteiger partial charge in [0.2, 0.25) is 0 Å². The highest BCUT2D eigenvalue weighted by Crippen LogP contribution is 2.15. The van der Waals surface area contributed by atoms with Gasteiger partial charge in [-0.3, -0.25) is 9.67 Å². The number of aromatic carboxylic acids is 1. The molecule has 2 heterocycles. The van der Waals surface area contributed by atoms with Gasteiger partial charge < -0.3 is 5.11 Å². The Bertz CT molecular complexity index is 590. The van der Waals surface area contributed by atoms with Crippen molar-refractivity contribution in [2.75, 3.05) is 0 Å². The summed E-state index contributed by atoms with van der Waals surface area (Å²) < 4.78 is 2.57. The Kier molecular flexibility index (Phi) is 3.47. The summed E-state index contributed by atoms with van der Waals surface area (Å²) >= 11 is 3.32. The third-order valence-corrected chi connectivity index (χ3v) is 3.16. The molecule has 18 heavy (non-hydrogen) atoms. The van der Waals surface area contributed by atoms with Crippen LogP contribution in [0.15, 0.2) is 22.8 Å². The van der Waals surface area contributed by atoms with E-state index in [2.05, 4.69) is 26.0 Å². The second kappa shape index (κ2) is 4.89. The van der Waals surface area contributed by atoms with Crippen LogP contribution in [0.25, 0.3) is 0 Å². The average Bonchev–Trinajstić information content (AvgIpc) is 2.57. The minimum atomic E-state index is -0.944. The molecule has 0 spiro atoms.